The minimum atomic E-state index is 0.191. The van der Waals surface area contributed by atoms with Gasteiger partial charge in [0.15, 0.2) is 5.13 Å². The molecule has 1 unspecified atom stereocenters. The number of benzene rings is 1. The van der Waals surface area contributed by atoms with Gasteiger partial charge in [-0.2, -0.15) is 0 Å². The fourth-order valence-corrected chi connectivity index (χ4v) is 4.86. The molecule has 2 aromatic heterocycles. The van der Waals surface area contributed by atoms with Crippen LogP contribution in [0, 0.1) is 0 Å². The van der Waals surface area contributed by atoms with Gasteiger partial charge in [-0.15, -0.1) is 0 Å². The second kappa shape index (κ2) is 10.7. The zero-order valence-electron chi connectivity index (χ0n) is 18.5. The molecule has 4 rings (SSSR count). The van der Waals surface area contributed by atoms with Crippen LogP contribution in [0.5, 0.6) is 5.75 Å². The van der Waals surface area contributed by atoms with E-state index in [1.165, 1.54) is 0 Å². The molecule has 32 heavy (non-hydrogen) atoms. The smallest absolute Gasteiger partial charge is 0.224 e. The van der Waals surface area contributed by atoms with E-state index in [1.807, 2.05) is 29.3 Å². The summed E-state index contributed by atoms with van der Waals surface area (Å²) in [5, 5.41) is 7.43. The molecule has 3 aromatic rings. The number of ether oxygens (including phenoxy) is 2. The van der Waals surface area contributed by atoms with Crippen molar-refractivity contribution < 1.29 is 14.3 Å². The summed E-state index contributed by atoms with van der Waals surface area (Å²) in [6.07, 6.45) is 6.10. The number of aromatic nitrogens is 2. The Bertz CT molecular complexity index is 1060. The number of likely N-dealkylation sites (tertiary alicyclic amines) is 1. The van der Waals surface area contributed by atoms with E-state index in [4.69, 9.17) is 9.47 Å². The van der Waals surface area contributed by atoms with Crippen molar-refractivity contribution in [2.75, 3.05) is 45.9 Å². The van der Waals surface area contributed by atoms with Gasteiger partial charge in [0, 0.05) is 38.4 Å². The van der Waals surface area contributed by atoms with Crippen molar-refractivity contribution in [3.63, 3.8) is 0 Å². The molecule has 2 N–H and O–H groups in total. The van der Waals surface area contributed by atoms with Crippen molar-refractivity contribution in [2.24, 2.45) is 0 Å². The quantitative estimate of drug-likeness (QED) is 0.358. The molecule has 1 aromatic carbocycles. The van der Waals surface area contributed by atoms with Gasteiger partial charge in [-0.25, -0.2) is 4.98 Å². The van der Waals surface area contributed by atoms with Crippen LogP contribution < -0.4 is 15.4 Å². The predicted octanol–water partition coefficient (Wildman–Crippen LogP) is 3.35. The Labute approximate surface area is 192 Å². The van der Waals surface area contributed by atoms with E-state index in [9.17, 15) is 4.79 Å². The maximum Gasteiger partial charge on any atom is 0.224 e. The lowest BCUT2D eigenvalue weighted by Gasteiger charge is -2.24. The SMILES string of the molecule is COCC1CCCN1C(=O)CCNCNc1nc2ccc(-c3cncc(OC)c3)cc2s1. The maximum absolute atomic E-state index is 12.5. The van der Waals surface area contributed by atoms with Crippen molar-refractivity contribution in [1.82, 2.24) is 20.2 Å². The van der Waals surface area contributed by atoms with Gasteiger partial charge in [0.05, 0.1) is 42.8 Å². The van der Waals surface area contributed by atoms with Crippen LogP contribution in [0.25, 0.3) is 21.3 Å². The summed E-state index contributed by atoms with van der Waals surface area (Å²) in [6, 6.07) is 8.38. The van der Waals surface area contributed by atoms with E-state index in [-0.39, 0.29) is 11.9 Å². The highest BCUT2D eigenvalue weighted by molar-refractivity contribution is 7.22. The van der Waals surface area contributed by atoms with Crippen molar-refractivity contribution in [3.8, 4) is 16.9 Å². The highest BCUT2D eigenvalue weighted by Crippen LogP contribution is 2.31. The van der Waals surface area contributed by atoms with E-state index < -0.39 is 0 Å². The lowest BCUT2D eigenvalue weighted by Crippen LogP contribution is -2.39. The van der Waals surface area contributed by atoms with Gasteiger partial charge in [-0.1, -0.05) is 17.4 Å². The van der Waals surface area contributed by atoms with Crippen LogP contribution in [-0.2, 0) is 9.53 Å². The first kappa shape index (κ1) is 22.4. The number of rotatable bonds is 10. The maximum atomic E-state index is 12.5. The van der Waals surface area contributed by atoms with E-state index in [0.717, 1.165) is 51.6 Å². The third-order valence-electron chi connectivity index (χ3n) is 5.61. The van der Waals surface area contributed by atoms with Crippen LogP contribution in [-0.4, -0.2) is 67.4 Å². The highest BCUT2D eigenvalue weighted by atomic mass is 32.1. The lowest BCUT2D eigenvalue weighted by atomic mass is 10.1. The van der Waals surface area contributed by atoms with E-state index in [2.05, 4.69) is 26.7 Å². The fourth-order valence-electron chi connectivity index (χ4n) is 3.96. The average Bonchev–Trinajstić information content (AvgIpc) is 3.45. The molecule has 170 valence electrons. The average molecular weight is 456 g/mol. The van der Waals surface area contributed by atoms with Gasteiger partial charge in [-0.05, 0) is 36.6 Å². The number of anilines is 1. The van der Waals surface area contributed by atoms with E-state index >= 15 is 0 Å². The molecule has 1 aliphatic heterocycles. The standard InChI is InChI=1S/C23H29N5O3S/c1-30-14-18-4-3-9-28(18)22(29)7-8-24-15-26-23-27-20-6-5-16(11-21(20)32-23)17-10-19(31-2)13-25-12-17/h5-6,10-13,18,24H,3-4,7-9,14-15H2,1-2H3,(H,26,27). The normalized spacial score (nSPS) is 15.9. The molecule has 1 atom stereocenters. The Balaban J connectivity index is 1.27. The molecule has 3 heterocycles. The summed E-state index contributed by atoms with van der Waals surface area (Å²) in [7, 11) is 3.33. The molecule has 0 spiro atoms. The number of thiazole rings is 1. The number of carbonyl (C=O) groups excluding carboxylic acids is 1. The summed E-state index contributed by atoms with van der Waals surface area (Å²) in [6.45, 7) is 2.64. The summed E-state index contributed by atoms with van der Waals surface area (Å²) < 4.78 is 11.6. The zero-order valence-corrected chi connectivity index (χ0v) is 19.3. The minimum Gasteiger partial charge on any atom is -0.495 e. The van der Waals surface area contributed by atoms with Crippen LogP contribution >= 0.6 is 11.3 Å². The van der Waals surface area contributed by atoms with Crippen LogP contribution in [0.3, 0.4) is 0 Å². The number of methoxy groups -OCH3 is 2. The molecule has 0 aliphatic carbocycles. The van der Waals surface area contributed by atoms with Crippen LogP contribution in [0.1, 0.15) is 19.3 Å². The molecule has 9 heteroatoms. The molecule has 0 bridgehead atoms. The van der Waals surface area contributed by atoms with Gasteiger partial charge in [-0.3, -0.25) is 15.1 Å². The molecule has 0 radical (unpaired) electrons. The molecule has 0 saturated carbocycles. The molecule has 1 saturated heterocycles. The van der Waals surface area contributed by atoms with Gasteiger partial charge in [0.25, 0.3) is 0 Å². The second-order valence-electron chi connectivity index (χ2n) is 7.76. The van der Waals surface area contributed by atoms with Gasteiger partial charge in [0.2, 0.25) is 5.91 Å². The van der Waals surface area contributed by atoms with E-state index in [1.54, 1.807) is 31.8 Å². The van der Waals surface area contributed by atoms with Gasteiger partial charge >= 0.3 is 0 Å². The van der Waals surface area contributed by atoms with Crippen molar-refractivity contribution in [1.29, 1.82) is 0 Å². The van der Waals surface area contributed by atoms with E-state index in [0.29, 0.717) is 26.2 Å². The number of pyridine rings is 1. The Morgan fingerprint density at radius 1 is 1.25 bits per heavy atom. The monoisotopic (exact) mass is 455 g/mol. The minimum absolute atomic E-state index is 0.191. The predicted molar refractivity (Wildman–Crippen MR) is 127 cm³/mol. The number of nitrogens with zero attached hydrogens (tertiary/aromatic N) is 3. The molecule has 1 aliphatic rings. The first-order valence-electron chi connectivity index (χ1n) is 10.8. The first-order chi connectivity index (χ1) is 15.7. The fraction of sp³-hybridized carbons (Fsp3) is 0.435. The number of amides is 1. The van der Waals surface area contributed by atoms with Crippen molar-refractivity contribution >= 4 is 32.6 Å². The number of fused-ring (bicyclic) bond motifs is 1. The zero-order chi connectivity index (χ0) is 22.3. The second-order valence-corrected chi connectivity index (χ2v) is 8.79. The summed E-state index contributed by atoms with van der Waals surface area (Å²) in [5.41, 5.74) is 3.03. The van der Waals surface area contributed by atoms with Crippen molar-refractivity contribution in [2.45, 2.75) is 25.3 Å². The van der Waals surface area contributed by atoms with Crippen LogP contribution in [0.2, 0.25) is 0 Å². The third kappa shape index (κ3) is 5.35. The molecule has 1 fully saturated rings. The van der Waals surface area contributed by atoms with Crippen LogP contribution in [0.15, 0.2) is 36.7 Å². The molecule has 1 amide bonds. The van der Waals surface area contributed by atoms with Crippen molar-refractivity contribution in [3.05, 3.63) is 36.7 Å². The number of nitrogens with one attached hydrogen (secondary N) is 2. The number of hydrogen-bond donors (Lipinski definition) is 2. The topological polar surface area (TPSA) is 88.6 Å². The summed E-state index contributed by atoms with van der Waals surface area (Å²) in [4.78, 5) is 23.3. The highest BCUT2D eigenvalue weighted by Gasteiger charge is 2.27. The third-order valence-corrected chi connectivity index (χ3v) is 6.58. The number of carbonyl (C=O) groups is 1. The van der Waals surface area contributed by atoms with Gasteiger partial charge in [0.1, 0.15) is 5.75 Å². The summed E-state index contributed by atoms with van der Waals surface area (Å²) >= 11 is 1.60. The summed E-state index contributed by atoms with van der Waals surface area (Å²) in [5.74, 6) is 0.925. The molecular weight excluding hydrogens is 426 g/mol. The lowest BCUT2D eigenvalue weighted by molar-refractivity contribution is -0.132. The Hall–Kier alpha value is -2.75. The van der Waals surface area contributed by atoms with Gasteiger partial charge < -0.3 is 19.7 Å². The molecule has 8 nitrogen and oxygen atoms in total. The Kier molecular flexibility index (Phi) is 7.51. The largest absolute Gasteiger partial charge is 0.495 e. The Morgan fingerprint density at radius 2 is 2.16 bits per heavy atom. The van der Waals surface area contributed by atoms with Crippen LogP contribution in [0.4, 0.5) is 5.13 Å². The number of hydrogen-bond acceptors (Lipinski definition) is 8. The Morgan fingerprint density at radius 3 is 3.00 bits per heavy atom. The molecular formula is C23H29N5O3S. The first-order valence-corrected chi connectivity index (χ1v) is 11.6.